The summed E-state index contributed by atoms with van der Waals surface area (Å²) in [6.07, 6.45) is 0. The van der Waals surface area contributed by atoms with Crippen LogP contribution in [0.25, 0.3) is 10.2 Å². The number of nitrogens with zero attached hydrogens (tertiary/aromatic N) is 4. The summed E-state index contributed by atoms with van der Waals surface area (Å²) in [6, 6.07) is 24.3. The van der Waals surface area contributed by atoms with Crippen molar-refractivity contribution in [1.29, 1.82) is 0 Å². The van der Waals surface area contributed by atoms with Crippen molar-refractivity contribution in [3.63, 3.8) is 0 Å². The molecule has 152 valence electrons. The average molecular weight is 438 g/mol. The molecule has 0 radical (unpaired) electrons. The molecule has 0 bridgehead atoms. The summed E-state index contributed by atoms with van der Waals surface area (Å²) in [4.78, 5) is 2.14. The molecule has 0 aliphatic heterocycles. The number of fused-ring (bicyclic) bond motifs is 1. The van der Waals surface area contributed by atoms with E-state index in [4.69, 9.17) is 16.3 Å². The van der Waals surface area contributed by atoms with Gasteiger partial charge in [-0.1, -0.05) is 18.2 Å². The van der Waals surface area contributed by atoms with Crippen molar-refractivity contribution in [3.05, 3.63) is 72.8 Å². The Hall–Kier alpha value is -2.96. The van der Waals surface area contributed by atoms with Gasteiger partial charge in [-0.2, -0.15) is 0 Å². The lowest BCUT2D eigenvalue weighted by Gasteiger charge is -2.19. The number of aromatic nitrogens is 1. The Morgan fingerprint density at radius 1 is 0.967 bits per heavy atom. The van der Waals surface area contributed by atoms with Gasteiger partial charge in [-0.15, -0.1) is 11.6 Å². The number of halogens is 1. The summed E-state index contributed by atoms with van der Waals surface area (Å²) in [6.45, 7) is 0.493. The lowest BCUT2D eigenvalue weighted by molar-refractivity contribution is -0.627. The highest BCUT2D eigenvalue weighted by atomic mass is 35.5. The molecule has 0 spiro atoms. The topological polar surface area (TPSA) is 41.1 Å². The van der Waals surface area contributed by atoms with Crippen molar-refractivity contribution >= 4 is 55.3 Å². The molecule has 0 unspecified atom stereocenters. The average Bonchev–Trinajstić information content (AvgIpc) is 3.11. The van der Waals surface area contributed by atoms with E-state index in [1.807, 2.05) is 79.3 Å². The first-order valence-corrected chi connectivity index (χ1v) is 10.9. The Morgan fingerprint density at radius 2 is 1.70 bits per heavy atom. The van der Waals surface area contributed by atoms with Crippen molar-refractivity contribution < 1.29 is 9.30 Å². The van der Waals surface area contributed by atoms with E-state index in [0.29, 0.717) is 12.5 Å². The highest BCUT2D eigenvalue weighted by molar-refractivity contribution is 7.21. The van der Waals surface area contributed by atoms with Gasteiger partial charge in [-0.25, -0.2) is 4.57 Å². The maximum Gasteiger partial charge on any atom is 0.409 e. The first-order valence-electron chi connectivity index (χ1n) is 9.57. The zero-order chi connectivity index (χ0) is 20.9. The molecule has 0 atom stereocenters. The Morgan fingerprint density at radius 3 is 2.43 bits per heavy atom. The summed E-state index contributed by atoms with van der Waals surface area (Å²) in [5.74, 6) is 1.28. The fourth-order valence-electron chi connectivity index (χ4n) is 3.10. The van der Waals surface area contributed by atoms with E-state index in [-0.39, 0.29) is 0 Å². The van der Waals surface area contributed by atoms with E-state index in [1.165, 1.54) is 0 Å². The van der Waals surface area contributed by atoms with Crippen molar-refractivity contribution in [2.24, 2.45) is 17.3 Å². The van der Waals surface area contributed by atoms with Gasteiger partial charge < -0.3 is 9.64 Å². The number of benzene rings is 3. The minimum Gasteiger partial charge on any atom is -0.492 e. The number of alkyl halides is 1. The van der Waals surface area contributed by atoms with Gasteiger partial charge in [0, 0.05) is 24.5 Å². The van der Waals surface area contributed by atoms with Gasteiger partial charge in [0.1, 0.15) is 23.6 Å². The number of hydrogen-bond acceptors (Lipinski definition) is 5. The summed E-state index contributed by atoms with van der Waals surface area (Å²) in [5.41, 5.74) is 4.13. The molecule has 4 aromatic rings. The van der Waals surface area contributed by atoms with Gasteiger partial charge in [0.25, 0.3) is 0 Å². The van der Waals surface area contributed by atoms with E-state index in [1.54, 1.807) is 11.3 Å². The van der Waals surface area contributed by atoms with Gasteiger partial charge in [-0.3, -0.25) is 0 Å². The van der Waals surface area contributed by atoms with Crippen LogP contribution in [-0.4, -0.2) is 19.5 Å². The lowest BCUT2D eigenvalue weighted by atomic mass is 10.2. The van der Waals surface area contributed by atoms with E-state index >= 15 is 0 Å². The maximum absolute atomic E-state index is 5.70. The molecule has 0 fully saturated rings. The summed E-state index contributed by atoms with van der Waals surface area (Å²) >= 11 is 7.28. The highest BCUT2D eigenvalue weighted by Gasteiger charge is 2.16. The molecule has 0 saturated heterocycles. The van der Waals surface area contributed by atoms with Crippen LogP contribution in [0, 0.1) is 0 Å². The van der Waals surface area contributed by atoms with E-state index in [2.05, 4.69) is 27.3 Å². The molecule has 0 amide bonds. The number of ether oxygens (including phenoxy) is 1. The van der Waals surface area contributed by atoms with E-state index in [0.717, 1.165) is 38.2 Å². The quantitative estimate of drug-likeness (QED) is 0.187. The number of thiazole rings is 1. The third-order valence-corrected chi connectivity index (χ3v) is 6.00. The summed E-state index contributed by atoms with van der Waals surface area (Å²) in [5, 5.41) is 9.72. The Bertz CT molecular complexity index is 1160. The normalized spacial score (nSPS) is 11.3. The van der Waals surface area contributed by atoms with Gasteiger partial charge in [0.2, 0.25) is 0 Å². The van der Waals surface area contributed by atoms with E-state index in [9.17, 15) is 0 Å². The molecule has 4 rings (SSSR count). The smallest absolute Gasteiger partial charge is 0.409 e. The zero-order valence-corrected chi connectivity index (χ0v) is 18.4. The van der Waals surface area contributed by atoms with Crippen LogP contribution in [0.4, 0.5) is 22.2 Å². The molecule has 30 heavy (non-hydrogen) atoms. The summed E-state index contributed by atoms with van der Waals surface area (Å²) < 4.78 is 8.74. The van der Waals surface area contributed by atoms with Crippen molar-refractivity contribution in [3.8, 4) is 5.75 Å². The first-order chi connectivity index (χ1) is 14.7. The minimum atomic E-state index is 0.468. The Labute approximate surface area is 184 Å². The van der Waals surface area contributed by atoms with Gasteiger partial charge in [-0.05, 0) is 65.0 Å². The molecular weight excluding hydrogens is 416 g/mol. The van der Waals surface area contributed by atoms with Crippen LogP contribution in [0.5, 0.6) is 5.75 Å². The van der Waals surface area contributed by atoms with Gasteiger partial charge in [0.15, 0.2) is 0 Å². The molecule has 0 aliphatic carbocycles. The predicted molar refractivity (Wildman–Crippen MR) is 124 cm³/mol. The molecule has 1 aromatic heterocycles. The van der Waals surface area contributed by atoms with Crippen LogP contribution in [0.2, 0.25) is 0 Å². The molecular formula is C23H22ClN4OS+. The molecule has 0 N–H and O–H groups in total. The lowest BCUT2D eigenvalue weighted by Crippen LogP contribution is -2.25. The molecule has 0 aliphatic rings. The van der Waals surface area contributed by atoms with Crippen LogP contribution in [0.3, 0.4) is 0 Å². The standard InChI is InChI=1S/C23H22ClN4OS/c1-27(18-6-4-3-5-7-18)19-10-8-17(9-11-19)25-26-23-28(2)21-13-12-20(29-15-14-24)16-22(21)30-23/h3-13,16H,14-15H2,1-2H3/q+1. The number of hydrogen-bond donors (Lipinski definition) is 0. The number of anilines is 2. The number of aryl methyl sites for hydroxylation is 1. The second-order valence-electron chi connectivity index (χ2n) is 6.72. The van der Waals surface area contributed by atoms with Gasteiger partial charge >= 0.3 is 5.13 Å². The third kappa shape index (κ3) is 4.45. The molecule has 5 nitrogen and oxygen atoms in total. The van der Waals surface area contributed by atoms with Crippen LogP contribution in [0.15, 0.2) is 83.0 Å². The van der Waals surface area contributed by atoms with Crippen LogP contribution < -0.4 is 14.2 Å². The number of rotatable bonds is 7. The number of para-hydroxylation sites is 1. The van der Waals surface area contributed by atoms with Crippen LogP contribution >= 0.6 is 22.9 Å². The predicted octanol–water partition coefficient (Wildman–Crippen LogP) is 6.53. The molecule has 3 aromatic carbocycles. The third-order valence-electron chi connectivity index (χ3n) is 4.76. The van der Waals surface area contributed by atoms with Crippen molar-refractivity contribution in [1.82, 2.24) is 0 Å². The minimum absolute atomic E-state index is 0.468. The Kier molecular flexibility index (Phi) is 6.26. The van der Waals surface area contributed by atoms with Crippen molar-refractivity contribution in [2.45, 2.75) is 0 Å². The summed E-state index contributed by atoms with van der Waals surface area (Å²) in [7, 11) is 4.04. The molecule has 7 heteroatoms. The van der Waals surface area contributed by atoms with Gasteiger partial charge in [0.05, 0.1) is 22.7 Å². The van der Waals surface area contributed by atoms with Crippen LogP contribution in [0.1, 0.15) is 0 Å². The maximum atomic E-state index is 5.70. The molecule has 1 heterocycles. The SMILES string of the molecule is CN(c1ccccc1)c1ccc(N=Nc2sc3cc(OCCCl)ccc3[n+]2C)cc1. The van der Waals surface area contributed by atoms with Crippen LogP contribution in [-0.2, 0) is 7.05 Å². The highest BCUT2D eigenvalue weighted by Crippen LogP contribution is 2.31. The Balaban J connectivity index is 1.52. The fraction of sp³-hybridized carbons (Fsp3) is 0.174. The zero-order valence-electron chi connectivity index (χ0n) is 16.8. The second-order valence-corrected chi connectivity index (χ2v) is 8.11. The van der Waals surface area contributed by atoms with Crippen molar-refractivity contribution in [2.75, 3.05) is 24.4 Å². The first kappa shape index (κ1) is 20.3. The van der Waals surface area contributed by atoms with E-state index < -0.39 is 0 Å². The largest absolute Gasteiger partial charge is 0.492 e. The fourth-order valence-corrected chi connectivity index (χ4v) is 4.18. The number of azo groups is 1. The molecule has 0 saturated carbocycles. The monoisotopic (exact) mass is 437 g/mol. The second kappa shape index (κ2) is 9.24.